The van der Waals surface area contributed by atoms with Crippen LogP contribution in [0.15, 0.2) is 22.1 Å². The number of hydrogen-bond acceptors (Lipinski definition) is 4. The van der Waals surface area contributed by atoms with Crippen LogP contribution in [0, 0.1) is 0 Å². The number of aromatic nitrogens is 1. The molecule has 0 spiro atoms. The van der Waals surface area contributed by atoms with E-state index in [-0.39, 0.29) is 6.04 Å². The monoisotopic (exact) mass is 228 g/mol. The van der Waals surface area contributed by atoms with Crippen molar-refractivity contribution in [1.29, 1.82) is 0 Å². The van der Waals surface area contributed by atoms with Gasteiger partial charge in [-0.25, -0.2) is 4.98 Å². The third kappa shape index (κ3) is 1.68. The van der Waals surface area contributed by atoms with Crippen LogP contribution >= 0.6 is 22.9 Å². The third-order valence-corrected chi connectivity index (χ3v) is 3.11. The first-order valence-electron chi connectivity index (χ1n) is 4.13. The van der Waals surface area contributed by atoms with Crippen molar-refractivity contribution in [3.63, 3.8) is 0 Å². The minimum absolute atomic E-state index is 0.192. The Hall–Kier alpha value is -0.840. The van der Waals surface area contributed by atoms with Gasteiger partial charge in [-0.15, -0.1) is 11.3 Å². The Morgan fingerprint density at radius 3 is 2.93 bits per heavy atom. The number of oxazole rings is 1. The van der Waals surface area contributed by atoms with Crippen LogP contribution < -0.4 is 5.73 Å². The second-order valence-electron chi connectivity index (χ2n) is 2.95. The lowest BCUT2D eigenvalue weighted by Gasteiger charge is -1.96. The molecule has 1 unspecified atom stereocenters. The Balaban J connectivity index is 2.39. The topological polar surface area (TPSA) is 52.0 Å². The zero-order valence-electron chi connectivity index (χ0n) is 7.53. The average Bonchev–Trinajstić information content (AvgIpc) is 2.71. The quantitative estimate of drug-likeness (QED) is 0.860. The molecule has 14 heavy (non-hydrogen) atoms. The predicted octanol–water partition coefficient (Wildman–Crippen LogP) is 3.08. The lowest BCUT2D eigenvalue weighted by atomic mass is 10.4. The van der Waals surface area contributed by atoms with E-state index in [0.717, 1.165) is 4.88 Å². The van der Waals surface area contributed by atoms with Gasteiger partial charge in [0.15, 0.2) is 5.76 Å². The van der Waals surface area contributed by atoms with Crippen molar-refractivity contribution in [3.8, 4) is 10.6 Å². The van der Waals surface area contributed by atoms with Gasteiger partial charge in [-0.05, 0) is 18.4 Å². The second kappa shape index (κ2) is 3.73. The van der Waals surface area contributed by atoms with Crippen molar-refractivity contribution in [2.45, 2.75) is 13.0 Å². The molecule has 5 heteroatoms. The van der Waals surface area contributed by atoms with Crippen molar-refractivity contribution in [2.24, 2.45) is 5.73 Å². The summed E-state index contributed by atoms with van der Waals surface area (Å²) in [6.45, 7) is 1.83. The van der Waals surface area contributed by atoms with E-state index in [0.29, 0.717) is 16.7 Å². The van der Waals surface area contributed by atoms with E-state index in [1.807, 2.05) is 18.4 Å². The standard InChI is InChI=1S/C9H9ClN2OS/c1-5(11)9-12-4-7(13-9)8-6(10)2-3-14-8/h2-5H,11H2,1H3. The number of halogens is 1. The first-order valence-corrected chi connectivity index (χ1v) is 5.39. The van der Waals surface area contributed by atoms with E-state index >= 15 is 0 Å². The molecular weight excluding hydrogens is 220 g/mol. The molecule has 2 N–H and O–H groups in total. The molecule has 0 saturated heterocycles. The largest absolute Gasteiger partial charge is 0.438 e. The summed E-state index contributed by atoms with van der Waals surface area (Å²) >= 11 is 7.48. The SMILES string of the molecule is CC(N)c1ncc(-c2sccc2Cl)o1. The Morgan fingerprint density at radius 2 is 2.43 bits per heavy atom. The van der Waals surface area contributed by atoms with Crippen LogP contribution in [-0.4, -0.2) is 4.98 Å². The molecule has 0 aliphatic rings. The predicted molar refractivity (Wildman–Crippen MR) is 57.4 cm³/mol. The summed E-state index contributed by atoms with van der Waals surface area (Å²) in [6.07, 6.45) is 1.65. The highest BCUT2D eigenvalue weighted by atomic mass is 35.5. The van der Waals surface area contributed by atoms with E-state index in [1.54, 1.807) is 6.20 Å². The first-order chi connectivity index (χ1) is 6.68. The van der Waals surface area contributed by atoms with E-state index in [1.165, 1.54) is 11.3 Å². The van der Waals surface area contributed by atoms with Crippen LogP contribution in [0.3, 0.4) is 0 Å². The smallest absolute Gasteiger partial charge is 0.211 e. The molecule has 0 aromatic carbocycles. The van der Waals surface area contributed by atoms with Crippen molar-refractivity contribution in [1.82, 2.24) is 4.98 Å². The fourth-order valence-electron chi connectivity index (χ4n) is 1.07. The third-order valence-electron chi connectivity index (χ3n) is 1.75. The van der Waals surface area contributed by atoms with Crippen LogP contribution in [0.5, 0.6) is 0 Å². The van der Waals surface area contributed by atoms with Crippen molar-refractivity contribution >= 4 is 22.9 Å². The Labute approximate surface area is 90.5 Å². The lowest BCUT2D eigenvalue weighted by Crippen LogP contribution is -2.04. The molecule has 0 bridgehead atoms. The molecule has 0 fully saturated rings. The van der Waals surface area contributed by atoms with Crippen molar-refractivity contribution in [3.05, 3.63) is 28.6 Å². The maximum atomic E-state index is 5.95. The average molecular weight is 229 g/mol. The van der Waals surface area contributed by atoms with Crippen LogP contribution in [0.25, 0.3) is 10.6 Å². The van der Waals surface area contributed by atoms with Crippen LogP contribution in [-0.2, 0) is 0 Å². The molecule has 0 saturated carbocycles. The minimum atomic E-state index is -0.192. The molecule has 2 heterocycles. The van der Waals surface area contributed by atoms with E-state index in [4.69, 9.17) is 21.8 Å². The Morgan fingerprint density at radius 1 is 1.64 bits per heavy atom. The molecule has 2 aromatic heterocycles. The molecule has 3 nitrogen and oxygen atoms in total. The molecule has 0 aliphatic heterocycles. The number of thiophene rings is 1. The number of rotatable bonds is 2. The highest BCUT2D eigenvalue weighted by Gasteiger charge is 2.12. The molecule has 2 rings (SSSR count). The Kier molecular flexibility index (Phi) is 2.58. The van der Waals surface area contributed by atoms with Crippen LogP contribution in [0.4, 0.5) is 0 Å². The maximum absolute atomic E-state index is 5.95. The van der Waals surface area contributed by atoms with E-state index in [2.05, 4.69) is 4.98 Å². The van der Waals surface area contributed by atoms with Gasteiger partial charge in [0.1, 0.15) is 0 Å². The van der Waals surface area contributed by atoms with Gasteiger partial charge in [-0.2, -0.15) is 0 Å². The highest BCUT2D eigenvalue weighted by molar-refractivity contribution is 7.14. The molecule has 0 aliphatic carbocycles. The fraction of sp³-hybridized carbons (Fsp3) is 0.222. The second-order valence-corrected chi connectivity index (χ2v) is 4.27. The van der Waals surface area contributed by atoms with Crippen molar-refractivity contribution < 1.29 is 4.42 Å². The van der Waals surface area contributed by atoms with Gasteiger partial charge in [0.05, 0.1) is 22.1 Å². The van der Waals surface area contributed by atoms with Gasteiger partial charge >= 0.3 is 0 Å². The number of nitrogens with zero attached hydrogens (tertiary/aromatic N) is 1. The summed E-state index contributed by atoms with van der Waals surface area (Å²) in [5, 5.41) is 2.59. The molecule has 0 amide bonds. The van der Waals surface area contributed by atoms with Gasteiger partial charge in [0, 0.05) is 0 Å². The van der Waals surface area contributed by atoms with Crippen molar-refractivity contribution in [2.75, 3.05) is 0 Å². The summed E-state index contributed by atoms with van der Waals surface area (Å²) in [4.78, 5) is 4.96. The Bertz CT molecular complexity index is 435. The van der Waals surface area contributed by atoms with E-state index < -0.39 is 0 Å². The zero-order valence-corrected chi connectivity index (χ0v) is 9.10. The molecule has 2 aromatic rings. The summed E-state index contributed by atoms with van der Waals surface area (Å²) < 4.78 is 5.46. The number of nitrogens with two attached hydrogens (primary N) is 1. The summed E-state index contributed by atoms with van der Waals surface area (Å²) in [7, 11) is 0. The summed E-state index contributed by atoms with van der Waals surface area (Å²) in [5.74, 6) is 1.21. The first kappa shape index (κ1) is 9.71. The molecule has 1 atom stereocenters. The van der Waals surface area contributed by atoms with Crippen LogP contribution in [0.1, 0.15) is 18.9 Å². The molecule has 74 valence electrons. The fourth-order valence-corrected chi connectivity index (χ4v) is 2.17. The van der Waals surface area contributed by atoms with Gasteiger partial charge in [0.2, 0.25) is 5.89 Å². The molecular formula is C9H9ClN2OS. The maximum Gasteiger partial charge on any atom is 0.211 e. The van der Waals surface area contributed by atoms with E-state index in [9.17, 15) is 0 Å². The van der Waals surface area contributed by atoms with Gasteiger partial charge in [-0.3, -0.25) is 0 Å². The highest BCUT2D eigenvalue weighted by Crippen LogP contribution is 2.33. The normalized spacial score (nSPS) is 13.1. The van der Waals surface area contributed by atoms with Gasteiger partial charge in [0.25, 0.3) is 0 Å². The van der Waals surface area contributed by atoms with Gasteiger partial charge in [-0.1, -0.05) is 11.6 Å². The van der Waals surface area contributed by atoms with Gasteiger partial charge < -0.3 is 10.2 Å². The lowest BCUT2D eigenvalue weighted by molar-refractivity contribution is 0.474. The number of hydrogen-bond donors (Lipinski definition) is 1. The zero-order chi connectivity index (χ0) is 10.1. The summed E-state index contributed by atoms with van der Waals surface area (Å²) in [6, 6.07) is 1.64. The minimum Gasteiger partial charge on any atom is -0.438 e. The van der Waals surface area contributed by atoms with Crippen LogP contribution in [0.2, 0.25) is 5.02 Å². The molecule has 0 radical (unpaired) electrons. The summed E-state index contributed by atoms with van der Waals surface area (Å²) in [5.41, 5.74) is 5.63.